The number of thioether (sulfide) groups is 1. The van der Waals surface area contributed by atoms with Crippen molar-refractivity contribution < 1.29 is 8.42 Å². The first-order valence-corrected chi connectivity index (χ1v) is 8.19. The van der Waals surface area contributed by atoms with E-state index < -0.39 is 9.84 Å². The topological polar surface area (TPSA) is 46.2 Å². The third-order valence-corrected chi connectivity index (χ3v) is 4.66. The third kappa shape index (κ3) is 10.3. The lowest BCUT2D eigenvalue weighted by Gasteiger charge is -2.04. The van der Waals surface area contributed by atoms with Crippen LogP contribution in [0.4, 0.5) is 0 Å². The number of sulfone groups is 1. The van der Waals surface area contributed by atoms with Crippen LogP contribution in [0.25, 0.3) is 0 Å². The highest BCUT2D eigenvalue weighted by atomic mass is 32.2. The Hall–Kier alpha value is -0.0000000000000000555. The minimum absolute atomic E-state index is 0.252. The lowest BCUT2D eigenvalue weighted by Crippen LogP contribution is -2.21. The van der Waals surface area contributed by atoms with Gasteiger partial charge in [-0.2, -0.15) is 11.8 Å². The Bertz CT molecular complexity index is 250. The van der Waals surface area contributed by atoms with Crippen LogP contribution in [0.3, 0.4) is 0 Å². The summed E-state index contributed by atoms with van der Waals surface area (Å²) in [6.45, 7) is 7.05. The van der Waals surface area contributed by atoms with Crippen LogP contribution in [0.1, 0.15) is 13.3 Å². The highest BCUT2D eigenvalue weighted by Gasteiger charge is 2.05. The van der Waals surface area contributed by atoms with E-state index in [9.17, 15) is 8.42 Å². The van der Waals surface area contributed by atoms with Gasteiger partial charge in [0, 0.05) is 23.8 Å². The van der Waals surface area contributed by atoms with Gasteiger partial charge in [-0.05, 0) is 13.0 Å². The van der Waals surface area contributed by atoms with Crippen LogP contribution >= 0.6 is 11.8 Å². The van der Waals surface area contributed by atoms with Crippen LogP contribution < -0.4 is 5.32 Å². The molecular formula is C10H21NO2S2. The normalized spacial score (nSPS) is 11.5. The fraction of sp³-hybridized carbons (Fsp3) is 0.800. The van der Waals surface area contributed by atoms with Crippen LogP contribution in [0.5, 0.6) is 0 Å². The number of rotatable bonds is 10. The van der Waals surface area contributed by atoms with Gasteiger partial charge < -0.3 is 5.32 Å². The molecule has 0 aromatic rings. The predicted molar refractivity (Wildman–Crippen MR) is 69.3 cm³/mol. The van der Waals surface area contributed by atoms with E-state index >= 15 is 0 Å². The zero-order valence-corrected chi connectivity index (χ0v) is 11.0. The molecule has 0 aromatic carbocycles. The molecule has 0 bridgehead atoms. The third-order valence-electron chi connectivity index (χ3n) is 1.91. The maximum atomic E-state index is 11.1. The Kier molecular flexibility index (Phi) is 9.24. The molecule has 0 saturated carbocycles. The first kappa shape index (κ1) is 15.0. The maximum Gasteiger partial charge on any atom is 0.150 e. The second kappa shape index (κ2) is 9.24. The van der Waals surface area contributed by atoms with E-state index in [4.69, 9.17) is 0 Å². The Balaban J connectivity index is 3.22. The van der Waals surface area contributed by atoms with E-state index in [1.165, 1.54) is 0 Å². The zero-order valence-electron chi connectivity index (χ0n) is 9.37. The van der Waals surface area contributed by atoms with Gasteiger partial charge in [-0.1, -0.05) is 13.0 Å². The summed E-state index contributed by atoms with van der Waals surface area (Å²) in [4.78, 5) is 0. The van der Waals surface area contributed by atoms with Gasteiger partial charge >= 0.3 is 0 Å². The quantitative estimate of drug-likeness (QED) is 0.470. The molecule has 0 unspecified atom stereocenters. The second-order valence-electron chi connectivity index (χ2n) is 3.20. The van der Waals surface area contributed by atoms with Gasteiger partial charge in [0.25, 0.3) is 0 Å². The first-order valence-electron chi connectivity index (χ1n) is 5.22. The van der Waals surface area contributed by atoms with Crippen molar-refractivity contribution in [2.45, 2.75) is 13.3 Å². The van der Waals surface area contributed by atoms with Crippen LogP contribution in [-0.2, 0) is 9.84 Å². The van der Waals surface area contributed by atoms with Crippen molar-refractivity contribution in [1.82, 2.24) is 5.32 Å². The highest BCUT2D eigenvalue weighted by Crippen LogP contribution is 1.97. The van der Waals surface area contributed by atoms with E-state index in [0.29, 0.717) is 12.2 Å². The van der Waals surface area contributed by atoms with E-state index in [1.807, 2.05) is 17.8 Å². The summed E-state index contributed by atoms with van der Waals surface area (Å²) >= 11 is 1.82. The van der Waals surface area contributed by atoms with E-state index in [0.717, 1.165) is 24.6 Å². The molecule has 5 heteroatoms. The fourth-order valence-electron chi connectivity index (χ4n) is 0.997. The van der Waals surface area contributed by atoms with Gasteiger partial charge in [-0.15, -0.1) is 6.58 Å². The van der Waals surface area contributed by atoms with Gasteiger partial charge in [0.2, 0.25) is 0 Å². The Morgan fingerprint density at radius 3 is 2.73 bits per heavy atom. The molecule has 0 heterocycles. The molecular weight excluding hydrogens is 230 g/mol. The molecule has 1 N–H and O–H groups in total. The molecule has 0 aliphatic carbocycles. The van der Waals surface area contributed by atoms with Crippen molar-refractivity contribution >= 4 is 21.6 Å². The van der Waals surface area contributed by atoms with Crippen LogP contribution in [0.2, 0.25) is 0 Å². The SMILES string of the molecule is C=CCSCCNCCCS(=O)(=O)CC. The molecule has 0 amide bonds. The molecule has 0 saturated heterocycles. The van der Waals surface area contributed by atoms with Crippen molar-refractivity contribution in [3.05, 3.63) is 12.7 Å². The molecule has 0 rings (SSSR count). The average molecular weight is 251 g/mol. The second-order valence-corrected chi connectivity index (χ2v) is 6.83. The van der Waals surface area contributed by atoms with Crippen molar-refractivity contribution in [3.8, 4) is 0 Å². The minimum Gasteiger partial charge on any atom is -0.316 e. The smallest absolute Gasteiger partial charge is 0.150 e. The van der Waals surface area contributed by atoms with Crippen LogP contribution in [-0.4, -0.2) is 44.5 Å². The lowest BCUT2D eigenvalue weighted by atomic mass is 10.5. The van der Waals surface area contributed by atoms with Crippen LogP contribution in [0.15, 0.2) is 12.7 Å². The Labute approximate surface area is 97.6 Å². The van der Waals surface area contributed by atoms with Gasteiger partial charge in [0.05, 0.1) is 5.75 Å². The standard InChI is InChI=1S/C10H21NO2S2/c1-3-8-14-9-7-11-6-5-10-15(12,13)4-2/h3,11H,1,4-10H2,2H3. The summed E-state index contributed by atoms with van der Waals surface area (Å²) in [5.74, 6) is 2.58. The molecule has 0 aliphatic rings. The van der Waals surface area contributed by atoms with E-state index in [1.54, 1.807) is 6.92 Å². The summed E-state index contributed by atoms with van der Waals surface area (Å²) in [5.41, 5.74) is 0. The van der Waals surface area contributed by atoms with E-state index in [2.05, 4.69) is 11.9 Å². The summed E-state index contributed by atoms with van der Waals surface area (Å²) in [6, 6.07) is 0. The molecule has 0 fully saturated rings. The maximum absolute atomic E-state index is 11.1. The summed E-state index contributed by atoms with van der Waals surface area (Å²) in [6.07, 6.45) is 2.60. The lowest BCUT2D eigenvalue weighted by molar-refractivity contribution is 0.591. The largest absolute Gasteiger partial charge is 0.316 e. The molecule has 0 radical (unpaired) electrons. The molecule has 0 aliphatic heterocycles. The molecule has 90 valence electrons. The predicted octanol–water partition coefficient (Wildman–Crippen LogP) is 1.32. The molecule has 0 aromatic heterocycles. The number of hydrogen-bond acceptors (Lipinski definition) is 4. The fourth-order valence-corrected chi connectivity index (χ4v) is 2.49. The van der Waals surface area contributed by atoms with Gasteiger partial charge in [0.15, 0.2) is 0 Å². The van der Waals surface area contributed by atoms with Crippen molar-refractivity contribution in [1.29, 1.82) is 0 Å². The molecule has 15 heavy (non-hydrogen) atoms. The van der Waals surface area contributed by atoms with Crippen molar-refractivity contribution in [2.24, 2.45) is 0 Å². The average Bonchev–Trinajstić information content (AvgIpc) is 2.22. The van der Waals surface area contributed by atoms with Crippen molar-refractivity contribution in [3.63, 3.8) is 0 Å². The Morgan fingerprint density at radius 1 is 1.40 bits per heavy atom. The van der Waals surface area contributed by atoms with Crippen molar-refractivity contribution in [2.75, 3.05) is 36.1 Å². The highest BCUT2D eigenvalue weighted by molar-refractivity contribution is 7.99. The van der Waals surface area contributed by atoms with Gasteiger partial charge in [0.1, 0.15) is 9.84 Å². The molecule has 0 spiro atoms. The monoisotopic (exact) mass is 251 g/mol. The molecule has 0 atom stereocenters. The summed E-state index contributed by atoms with van der Waals surface area (Å²) in [5, 5.41) is 3.22. The first-order chi connectivity index (χ1) is 7.12. The van der Waals surface area contributed by atoms with Gasteiger partial charge in [-0.25, -0.2) is 8.42 Å². The zero-order chi connectivity index (χ0) is 11.6. The number of nitrogens with one attached hydrogen (secondary N) is 1. The summed E-state index contributed by atoms with van der Waals surface area (Å²) < 4.78 is 22.3. The molecule has 3 nitrogen and oxygen atoms in total. The Morgan fingerprint density at radius 2 is 2.13 bits per heavy atom. The minimum atomic E-state index is -2.78. The van der Waals surface area contributed by atoms with E-state index in [-0.39, 0.29) is 5.75 Å². The van der Waals surface area contributed by atoms with Crippen LogP contribution in [0, 0.1) is 0 Å². The summed E-state index contributed by atoms with van der Waals surface area (Å²) in [7, 11) is -2.78. The number of hydrogen-bond donors (Lipinski definition) is 1. The van der Waals surface area contributed by atoms with Gasteiger partial charge in [-0.3, -0.25) is 0 Å².